The van der Waals surface area contributed by atoms with Crippen LogP contribution in [0.1, 0.15) is 5.56 Å². The van der Waals surface area contributed by atoms with Crippen molar-refractivity contribution >= 4 is 40.7 Å². The number of hydrogen-bond donors (Lipinski definition) is 1. The highest BCUT2D eigenvalue weighted by atomic mass is 35.5. The van der Waals surface area contributed by atoms with Crippen molar-refractivity contribution in [2.24, 2.45) is 0 Å². The second-order valence-corrected chi connectivity index (χ2v) is 8.52. The van der Waals surface area contributed by atoms with Crippen LogP contribution in [-0.4, -0.2) is 87.3 Å². The first kappa shape index (κ1) is 24.1. The van der Waals surface area contributed by atoms with E-state index in [1.807, 2.05) is 30.3 Å². The number of halogens is 2. The van der Waals surface area contributed by atoms with E-state index in [0.717, 1.165) is 31.7 Å². The van der Waals surface area contributed by atoms with E-state index in [2.05, 4.69) is 10.2 Å². The van der Waals surface area contributed by atoms with Gasteiger partial charge in [0.1, 0.15) is 0 Å². The van der Waals surface area contributed by atoms with Gasteiger partial charge < -0.3 is 10.2 Å². The van der Waals surface area contributed by atoms with Crippen LogP contribution in [0.4, 0.5) is 0 Å². The van der Waals surface area contributed by atoms with Gasteiger partial charge in [-0.3, -0.25) is 9.69 Å². The van der Waals surface area contributed by atoms with Crippen LogP contribution in [0.25, 0.3) is 0 Å². The molecule has 1 aromatic rings. The van der Waals surface area contributed by atoms with Gasteiger partial charge in [-0.05, 0) is 5.56 Å². The van der Waals surface area contributed by atoms with Crippen molar-refractivity contribution in [3.63, 3.8) is 0 Å². The summed E-state index contributed by atoms with van der Waals surface area (Å²) < 4.78 is 26.6. The van der Waals surface area contributed by atoms with Crippen LogP contribution in [-0.2, 0) is 20.6 Å². The first-order chi connectivity index (χ1) is 12.0. The Morgan fingerprint density at radius 1 is 0.926 bits per heavy atom. The molecule has 7 nitrogen and oxygen atoms in total. The molecule has 0 radical (unpaired) electrons. The van der Waals surface area contributed by atoms with Crippen LogP contribution in [0.2, 0.25) is 0 Å². The van der Waals surface area contributed by atoms with Gasteiger partial charge in [0, 0.05) is 52.4 Å². The Bertz CT molecular complexity index is 677. The van der Waals surface area contributed by atoms with Gasteiger partial charge in [0.25, 0.3) is 0 Å². The molecule has 0 bridgehead atoms. The summed E-state index contributed by atoms with van der Waals surface area (Å²) in [5.41, 5.74) is 0.791. The predicted molar refractivity (Wildman–Crippen MR) is 111 cm³/mol. The Morgan fingerprint density at radius 2 is 1.52 bits per heavy atom. The fourth-order valence-electron chi connectivity index (χ4n) is 3.25. The Morgan fingerprint density at radius 3 is 2.11 bits per heavy atom. The summed E-state index contributed by atoms with van der Waals surface area (Å²) in [4.78, 5) is 16.3. The molecule has 0 unspecified atom stereocenters. The van der Waals surface area contributed by atoms with Crippen LogP contribution in [0.5, 0.6) is 0 Å². The maximum absolute atomic E-state index is 12.6. The Balaban J connectivity index is 0.00000182. The normalized spacial score (nSPS) is 19.0. The van der Waals surface area contributed by atoms with E-state index in [0.29, 0.717) is 32.7 Å². The van der Waals surface area contributed by atoms with Gasteiger partial charge in [0.15, 0.2) is 0 Å². The molecule has 2 saturated heterocycles. The molecule has 3 rings (SSSR count). The second kappa shape index (κ2) is 11.2. The molecule has 154 valence electrons. The van der Waals surface area contributed by atoms with Gasteiger partial charge in [-0.25, -0.2) is 8.42 Å². The fourth-order valence-corrected chi connectivity index (χ4v) is 4.77. The lowest BCUT2D eigenvalue weighted by Gasteiger charge is -2.35. The SMILES string of the molecule is Cl.Cl.O=C(CN1CCNCC1)N1CCN(S(=O)(=O)Cc2ccccc2)CC1. The summed E-state index contributed by atoms with van der Waals surface area (Å²) in [6.45, 7) is 5.73. The van der Waals surface area contributed by atoms with Crippen molar-refractivity contribution in [3.8, 4) is 0 Å². The first-order valence-electron chi connectivity index (χ1n) is 8.77. The highest BCUT2D eigenvalue weighted by molar-refractivity contribution is 7.88. The fraction of sp³-hybridized carbons (Fsp3) is 0.588. The minimum Gasteiger partial charge on any atom is -0.339 e. The number of nitrogens with one attached hydrogen (secondary N) is 1. The van der Waals surface area contributed by atoms with E-state index in [1.165, 1.54) is 4.31 Å². The molecule has 2 heterocycles. The molecule has 1 aromatic carbocycles. The summed E-state index contributed by atoms with van der Waals surface area (Å²) in [6.07, 6.45) is 0. The zero-order valence-electron chi connectivity index (χ0n) is 15.2. The Labute approximate surface area is 173 Å². The number of sulfonamides is 1. The number of piperazine rings is 2. The van der Waals surface area contributed by atoms with Gasteiger partial charge in [0.2, 0.25) is 15.9 Å². The monoisotopic (exact) mass is 438 g/mol. The predicted octanol–water partition coefficient (Wildman–Crippen LogP) is 0.409. The lowest BCUT2D eigenvalue weighted by Crippen LogP contribution is -2.54. The summed E-state index contributed by atoms with van der Waals surface area (Å²) in [6, 6.07) is 9.21. The van der Waals surface area contributed by atoms with Crippen molar-refractivity contribution in [2.45, 2.75) is 5.75 Å². The maximum Gasteiger partial charge on any atom is 0.236 e. The van der Waals surface area contributed by atoms with E-state index < -0.39 is 10.0 Å². The minimum atomic E-state index is -3.34. The summed E-state index contributed by atoms with van der Waals surface area (Å²) in [5.74, 6) is 0.116. The number of carbonyl (C=O) groups is 1. The lowest BCUT2D eigenvalue weighted by molar-refractivity contribution is -0.133. The van der Waals surface area contributed by atoms with Gasteiger partial charge in [-0.1, -0.05) is 30.3 Å². The van der Waals surface area contributed by atoms with E-state index in [1.54, 1.807) is 4.90 Å². The van der Waals surface area contributed by atoms with Crippen molar-refractivity contribution in [1.29, 1.82) is 0 Å². The second-order valence-electron chi connectivity index (χ2n) is 6.55. The van der Waals surface area contributed by atoms with Crippen LogP contribution in [0, 0.1) is 0 Å². The highest BCUT2D eigenvalue weighted by Crippen LogP contribution is 2.14. The third-order valence-electron chi connectivity index (χ3n) is 4.75. The molecular formula is C17H28Cl2N4O3S. The van der Waals surface area contributed by atoms with Crippen LogP contribution < -0.4 is 5.32 Å². The number of hydrogen-bond acceptors (Lipinski definition) is 5. The van der Waals surface area contributed by atoms with E-state index in [9.17, 15) is 13.2 Å². The maximum atomic E-state index is 12.6. The van der Waals surface area contributed by atoms with Gasteiger partial charge in [-0.2, -0.15) is 4.31 Å². The molecular weight excluding hydrogens is 411 g/mol. The zero-order valence-corrected chi connectivity index (χ0v) is 17.7. The van der Waals surface area contributed by atoms with Crippen LogP contribution >= 0.6 is 24.8 Å². The molecule has 1 N–H and O–H groups in total. The molecule has 1 amide bonds. The van der Waals surface area contributed by atoms with Crippen molar-refractivity contribution in [1.82, 2.24) is 19.4 Å². The molecule has 0 spiro atoms. The molecule has 0 aliphatic carbocycles. The molecule has 0 saturated carbocycles. The summed E-state index contributed by atoms with van der Waals surface area (Å²) in [5, 5.41) is 3.27. The van der Waals surface area contributed by atoms with Crippen molar-refractivity contribution in [2.75, 3.05) is 58.9 Å². The quantitative estimate of drug-likeness (QED) is 0.720. The zero-order chi connectivity index (χ0) is 17.7. The number of carbonyl (C=O) groups excluding carboxylic acids is 1. The molecule has 2 aliphatic heterocycles. The third-order valence-corrected chi connectivity index (χ3v) is 6.60. The number of nitrogens with zero attached hydrogens (tertiary/aromatic N) is 3. The Hall–Kier alpha value is -0.900. The average molecular weight is 439 g/mol. The smallest absolute Gasteiger partial charge is 0.236 e. The molecule has 2 aliphatic rings. The first-order valence-corrected chi connectivity index (χ1v) is 10.4. The van der Waals surface area contributed by atoms with Crippen molar-refractivity contribution < 1.29 is 13.2 Å². The summed E-state index contributed by atoms with van der Waals surface area (Å²) in [7, 11) is -3.34. The van der Waals surface area contributed by atoms with E-state index in [-0.39, 0.29) is 36.5 Å². The number of benzene rings is 1. The Kier molecular flexibility index (Phi) is 10.0. The molecule has 27 heavy (non-hydrogen) atoms. The van der Waals surface area contributed by atoms with E-state index >= 15 is 0 Å². The number of amides is 1. The van der Waals surface area contributed by atoms with Gasteiger partial charge >= 0.3 is 0 Å². The average Bonchev–Trinajstić information content (AvgIpc) is 2.63. The largest absolute Gasteiger partial charge is 0.339 e. The molecule has 0 aromatic heterocycles. The third kappa shape index (κ3) is 6.89. The van der Waals surface area contributed by atoms with Gasteiger partial charge in [0.05, 0.1) is 12.3 Å². The standard InChI is InChI=1S/C17H26N4O3S.2ClH/c22-17(14-19-8-6-18-7-9-19)20-10-12-21(13-11-20)25(23,24)15-16-4-2-1-3-5-16;;/h1-5,18H,6-15H2;2*1H. The van der Waals surface area contributed by atoms with Crippen LogP contribution in [0.15, 0.2) is 30.3 Å². The molecule has 0 atom stereocenters. The number of rotatable bonds is 5. The topological polar surface area (TPSA) is 73.0 Å². The molecule has 10 heteroatoms. The minimum absolute atomic E-state index is 0. The van der Waals surface area contributed by atoms with Gasteiger partial charge in [-0.15, -0.1) is 24.8 Å². The lowest BCUT2D eigenvalue weighted by atomic mass is 10.2. The summed E-state index contributed by atoms with van der Waals surface area (Å²) >= 11 is 0. The molecule has 2 fully saturated rings. The van der Waals surface area contributed by atoms with Crippen LogP contribution in [0.3, 0.4) is 0 Å². The van der Waals surface area contributed by atoms with E-state index in [4.69, 9.17) is 0 Å². The van der Waals surface area contributed by atoms with Crippen molar-refractivity contribution in [3.05, 3.63) is 35.9 Å². The highest BCUT2D eigenvalue weighted by Gasteiger charge is 2.29.